The lowest BCUT2D eigenvalue weighted by molar-refractivity contribution is 0.0987. The maximum Gasteiger partial charge on any atom is 0.259 e. The second kappa shape index (κ2) is 7.72. The van der Waals surface area contributed by atoms with Crippen LogP contribution in [0, 0.1) is 0 Å². The first-order valence-corrected chi connectivity index (χ1v) is 9.35. The van der Waals surface area contributed by atoms with Crippen LogP contribution in [-0.4, -0.2) is 41.6 Å². The van der Waals surface area contributed by atoms with E-state index in [0.29, 0.717) is 29.9 Å². The number of aromatic nitrogens is 2. The third-order valence-electron chi connectivity index (χ3n) is 4.87. The average molecular weight is 361 g/mol. The van der Waals surface area contributed by atoms with Crippen LogP contribution in [0.2, 0.25) is 0 Å². The summed E-state index contributed by atoms with van der Waals surface area (Å²) in [5.74, 6) is 1.11. The molecular formula is C21H23N5O. The molecule has 4 rings (SSSR count). The second-order valence-corrected chi connectivity index (χ2v) is 6.68. The quantitative estimate of drug-likeness (QED) is 0.731. The lowest BCUT2D eigenvalue weighted by Gasteiger charge is -2.21. The zero-order valence-corrected chi connectivity index (χ0v) is 15.4. The van der Waals surface area contributed by atoms with Crippen LogP contribution >= 0.6 is 0 Å². The van der Waals surface area contributed by atoms with Crippen molar-refractivity contribution in [1.82, 2.24) is 15.3 Å². The minimum Gasteiger partial charge on any atom is -0.350 e. The van der Waals surface area contributed by atoms with Crippen LogP contribution in [0.5, 0.6) is 0 Å². The van der Waals surface area contributed by atoms with Gasteiger partial charge in [-0.15, -0.1) is 0 Å². The van der Waals surface area contributed by atoms with Gasteiger partial charge in [-0.2, -0.15) is 4.98 Å². The fourth-order valence-corrected chi connectivity index (χ4v) is 3.42. The molecule has 27 heavy (non-hydrogen) atoms. The molecule has 6 heteroatoms. The van der Waals surface area contributed by atoms with Crippen LogP contribution in [0.3, 0.4) is 0 Å². The van der Waals surface area contributed by atoms with Crippen molar-refractivity contribution in [2.75, 3.05) is 29.9 Å². The molecule has 2 heterocycles. The molecule has 3 aromatic rings. The zero-order chi connectivity index (χ0) is 18.6. The van der Waals surface area contributed by atoms with Gasteiger partial charge < -0.3 is 10.6 Å². The van der Waals surface area contributed by atoms with Gasteiger partial charge in [-0.3, -0.25) is 9.69 Å². The van der Waals surface area contributed by atoms with Crippen molar-refractivity contribution in [3.05, 3.63) is 60.3 Å². The van der Waals surface area contributed by atoms with Crippen molar-refractivity contribution in [2.45, 2.75) is 19.4 Å². The Kier molecular flexibility index (Phi) is 4.98. The van der Waals surface area contributed by atoms with Crippen molar-refractivity contribution < 1.29 is 4.79 Å². The van der Waals surface area contributed by atoms with Crippen molar-refractivity contribution in [3.8, 4) is 0 Å². The van der Waals surface area contributed by atoms with E-state index < -0.39 is 0 Å². The maximum absolute atomic E-state index is 13.1. The molecule has 1 aromatic heterocycles. The smallest absolute Gasteiger partial charge is 0.259 e. The normalized spacial score (nSPS) is 16.4. The van der Waals surface area contributed by atoms with Gasteiger partial charge in [0.15, 0.2) is 0 Å². The Morgan fingerprint density at radius 3 is 2.85 bits per heavy atom. The number of carbonyl (C=O) groups is 1. The molecule has 1 unspecified atom stereocenters. The van der Waals surface area contributed by atoms with Gasteiger partial charge in [0.25, 0.3) is 5.91 Å². The van der Waals surface area contributed by atoms with E-state index in [4.69, 9.17) is 0 Å². The summed E-state index contributed by atoms with van der Waals surface area (Å²) >= 11 is 0. The summed E-state index contributed by atoms with van der Waals surface area (Å²) in [5, 5.41) is 8.83. The highest BCUT2D eigenvalue weighted by Gasteiger charge is 2.20. The summed E-state index contributed by atoms with van der Waals surface area (Å²) in [6.07, 6.45) is 2.74. The third-order valence-corrected chi connectivity index (χ3v) is 4.87. The molecule has 2 aromatic carbocycles. The number of nitrogens with zero attached hydrogens (tertiary/aromatic N) is 3. The second-order valence-electron chi connectivity index (χ2n) is 6.68. The topological polar surface area (TPSA) is 70.2 Å². The Bertz CT molecular complexity index is 952. The van der Waals surface area contributed by atoms with Crippen molar-refractivity contribution in [3.63, 3.8) is 0 Å². The summed E-state index contributed by atoms with van der Waals surface area (Å²) in [7, 11) is 0. The molecule has 0 saturated carbocycles. The third kappa shape index (κ3) is 3.75. The van der Waals surface area contributed by atoms with E-state index in [1.165, 1.54) is 0 Å². The molecular weight excluding hydrogens is 338 g/mol. The summed E-state index contributed by atoms with van der Waals surface area (Å²) in [6, 6.07) is 15.9. The van der Waals surface area contributed by atoms with Gasteiger partial charge in [0.2, 0.25) is 5.95 Å². The maximum atomic E-state index is 13.1. The number of anilines is 2. The highest BCUT2D eigenvalue weighted by atomic mass is 16.2. The van der Waals surface area contributed by atoms with Crippen LogP contribution in [0.1, 0.15) is 23.7 Å². The molecule has 0 aliphatic carbocycles. The lowest BCUT2D eigenvalue weighted by atomic mass is 10.1. The number of nitrogens with one attached hydrogen (secondary N) is 2. The van der Waals surface area contributed by atoms with E-state index in [-0.39, 0.29) is 5.91 Å². The Balaban J connectivity index is 1.59. The monoisotopic (exact) mass is 361 g/mol. The van der Waals surface area contributed by atoms with E-state index in [2.05, 4.69) is 20.6 Å². The van der Waals surface area contributed by atoms with E-state index >= 15 is 0 Å². The standard InChI is InChI=1S/C21H23N5O/c1-2-26(19-10-12-23-21(25-19)24-18-9-11-22-14-18)20(27)17-8-7-15-5-3-4-6-16(15)13-17/h3-8,10,12-13,18,22H,2,9,11,14H2,1H3,(H,23,24,25). The summed E-state index contributed by atoms with van der Waals surface area (Å²) in [6.45, 7) is 4.39. The van der Waals surface area contributed by atoms with E-state index in [0.717, 1.165) is 30.3 Å². The molecule has 0 bridgehead atoms. The van der Waals surface area contributed by atoms with Crippen LogP contribution in [-0.2, 0) is 0 Å². The van der Waals surface area contributed by atoms with Crippen molar-refractivity contribution >= 4 is 28.4 Å². The number of hydrogen-bond acceptors (Lipinski definition) is 5. The highest BCUT2D eigenvalue weighted by molar-refractivity contribution is 6.07. The Hall–Kier alpha value is -2.99. The number of amides is 1. The number of benzene rings is 2. The van der Waals surface area contributed by atoms with Gasteiger partial charge in [-0.25, -0.2) is 4.98 Å². The number of hydrogen-bond donors (Lipinski definition) is 2. The molecule has 138 valence electrons. The Morgan fingerprint density at radius 1 is 1.22 bits per heavy atom. The summed E-state index contributed by atoms with van der Waals surface area (Å²) in [4.78, 5) is 23.7. The fraction of sp³-hybridized carbons (Fsp3) is 0.286. The van der Waals surface area contributed by atoms with Crippen LogP contribution in [0.4, 0.5) is 11.8 Å². The SMILES string of the molecule is CCN(C(=O)c1ccc2ccccc2c1)c1ccnc(NC2CCNC2)n1. The first-order chi connectivity index (χ1) is 13.2. The minimum atomic E-state index is -0.0598. The summed E-state index contributed by atoms with van der Waals surface area (Å²) in [5.41, 5.74) is 0.656. The fourth-order valence-electron chi connectivity index (χ4n) is 3.42. The zero-order valence-electron chi connectivity index (χ0n) is 15.4. The molecule has 1 aliphatic rings. The first kappa shape index (κ1) is 17.4. The van der Waals surface area contributed by atoms with Gasteiger partial charge in [-0.1, -0.05) is 30.3 Å². The van der Waals surface area contributed by atoms with E-state index in [9.17, 15) is 4.79 Å². The summed E-state index contributed by atoms with van der Waals surface area (Å²) < 4.78 is 0. The molecule has 0 radical (unpaired) electrons. The molecule has 6 nitrogen and oxygen atoms in total. The van der Waals surface area contributed by atoms with Crippen LogP contribution in [0.15, 0.2) is 54.7 Å². The predicted molar refractivity (Wildman–Crippen MR) is 108 cm³/mol. The highest BCUT2D eigenvalue weighted by Crippen LogP contribution is 2.20. The van der Waals surface area contributed by atoms with Crippen LogP contribution in [0.25, 0.3) is 10.8 Å². The van der Waals surface area contributed by atoms with Crippen molar-refractivity contribution in [1.29, 1.82) is 0 Å². The molecule has 1 atom stereocenters. The largest absolute Gasteiger partial charge is 0.350 e. The Morgan fingerprint density at radius 2 is 2.07 bits per heavy atom. The average Bonchev–Trinajstić information content (AvgIpc) is 3.21. The van der Waals surface area contributed by atoms with E-state index in [1.807, 2.05) is 49.4 Å². The van der Waals surface area contributed by atoms with Gasteiger partial charge >= 0.3 is 0 Å². The first-order valence-electron chi connectivity index (χ1n) is 9.35. The van der Waals surface area contributed by atoms with E-state index in [1.54, 1.807) is 17.2 Å². The van der Waals surface area contributed by atoms with Gasteiger partial charge in [0, 0.05) is 30.9 Å². The molecule has 1 amide bonds. The van der Waals surface area contributed by atoms with Gasteiger partial charge in [0.05, 0.1) is 0 Å². The van der Waals surface area contributed by atoms with Gasteiger partial charge in [-0.05, 0) is 48.9 Å². The minimum absolute atomic E-state index is 0.0598. The number of rotatable bonds is 5. The lowest BCUT2D eigenvalue weighted by Crippen LogP contribution is -2.32. The molecule has 1 fully saturated rings. The molecule has 2 N–H and O–H groups in total. The van der Waals surface area contributed by atoms with Gasteiger partial charge in [0.1, 0.15) is 5.82 Å². The number of fused-ring (bicyclic) bond motifs is 1. The predicted octanol–water partition coefficient (Wildman–Crippen LogP) is 3.07. The molecule has 0 spiro atoms. The van der Waals surface area contributed by atoms with Crippen molar-refractivity contribution in [2.24, 2.45) is 0 Å². The van der Waals surface area contributed by atoms with Crippen LogP contribution < -0.4 is 15.5 Å². The number of carbonyl (C=O) groups excluding carboxylic acids is 1. The molecule has 1 aliphatic heterocycles. The molecule has 1 saturated heterocycles. The Labute approximate surface area is 158 Å².